The molecule has 0 radical (unpaired) electrons. The molecule has 6 heteroatoms. The molecule has 25 heavy (non-hydrogen) atoms. The van der Waals surface area contributed by atoms with Gasteiger partial charge in [-0.2, -0.15) is 0 Å². The lowest BCUT2D eigenvalue weighted by atomic mass is 9.82. The molecular weight excluding hydrogens is 320 g/mol. The van der Waals surface area contributed by atoms with Crippen LogP contribution in [0.25, 0.3) is 0 Å². The molecule has 1 aromatic rings. The van der Waals surface area contributed by atoms with Gasteiger partial charge in [-0.05, 0) is 44.1 Å². The number of carbonyl (C=O) groups is 2. The number of hydrogen-bond acceptors (Lipinski definition) is 3. The van der Waals surface area contributed by atoms with Crippen LogP contribution in [0.3, 0.4) is 0 Å². The van der Waals surface area contributed by atoms with E-state index in [2.05, 4.69) is 0 Å². The standard InChI is InChI=1S/C19H22N2O4/c22-17-7-3-6-16-13-8-12(10-21(16)17)9-20(11-13)18(23)14-4-1-2-5-15(14)19(24)25/h3,6-7,12-13H,1-2,4-5,8-11H2,(H,24,25). The van der Waals surface area contributed by atoms with Crippen LogP contribution in [0.5, 0.6) is 0 Å². The number of fused-ring (bicyclic) bond motifs is 4. The van der Waals surface area contributed by atoms with E-state index in [1.54, 1.807) is 12.1 Å². The number of carbonyl (C=O) groups excluding carboxylic acids is 1. The molecule has 1 fully saturated rings. The van der Waals surface area contributed by atoms with Gasteiger partial charge in [0.2, 0.25) is 5.91 Å². The van der Waals surface area contributed by atoms with Gasteiger partial charge < -0.3 is 14.6 Å². The minimum absolute atomic E-state index is 0.0233. The number of amides is 1. The first-order chi connectivity index (χ1) is 12.0. The molecule has 0 aromatic carbocycles. The van der Waals surface area contributed by atoms with Gasteiger partial charge in [0.25, 0.3) is 5.56 Å². The molecule has 1 aliphatic carbocycles. The molecule has 1 N–H and O–H groups in total. The fourth-order valence-corrected chi connectivity index (χ4v) is 4.63. The van der Waals surface area contributed by atoms with Gasteiger partial charge in [0.05, 0.1) is 0 Å². The van der Waals surface area contributed by atoms with Gasteiger partial charge in [-0.15, -0.1) is 0 Å². The molecule has 6 nitrogen and oxygen atoms in total. The Hall–Kier alpha value is -2.37. The Kier molecular flexibility index (Phi) is 3.98. The van der Waals surface area contributed by atoms with Gasteiger partial charge >= 0.3 is 5.97 Å². The topological polar surface area (TPSA) is 79.6 Å². The number of rotatable bonds is 2. The first-order valence-electron chi connectivity index (χ1n) is 8.99. The van der Waals surface area contributed by atoms with E-state index in [1.165, 1.54) is 0 Å². The lowest BCUT2D eigenvalue weighted by molar-refractivity contribution is -0.135. The summed E-state index contributed by atoms with van der Waals surface area (Å²) in [6.07, 6.45) is 3.73. The summed E-state index contributed by atoms with van der Waals surface area (Å²) in [6.45, 7) is 1.81. The third kappa shape index (κ3) is 2.79. The lowest BCUT2D eigenvalue weighted by Gasteiger charge is -2.43. The van der Waals surface area contributed by atoms with Crippen LogP contribution in [0.15, 0.2) is 34.1 Å². The maximum absolute atomic E-state index is 13.0. The number of carboxylic acids is 1. The van der Waals surface area contributed by atoms with E-state index in [0.717, 1.165) is 25.0 Å². The van der Waals surface area contributed by atoms with E-state index in [1.807, 2.05) is 15.5 Å². The van der Waals surface area contributed by atoms with Gasteiger partial charge in [-0.3, -0.25) is 9.59 Å². The number of aliphatic carboxylic acids is 1. The van der Waals surface area contributed by atoms with Crippen molar-refractivity contribution in [2.24, 2.45) is 5.92 Å². The van der Waals surface area contributed by atoms with E-state index in [0.29, 0.717) is 43.6 Å². The monoisotopic (exact) mass is 342 g/mol. The predicted molar refractivity (Wildman–Crippen MR) is 91.3 cm³/mol. The van der Waals surface area contributed by atoms with Gasteiger partial charge in [0.1, 0.15) is 0 Å². The molecule has 2 bridgehead atoms. The number of piperidine rings is 1. The quantitative estimate of drug-likeness (QED) is 0.888. The van der Waals surface area contributed by atoms with Crippen LogP contribution in [0, 0.1) is 5.92 Å². The Bertz CT molecular complexity index is 823. The third-order valence-corrected chi connectivity index (χ3v) is 5.75. The van der Waals surface area contributed by atoms with E-state index >= 15 is 0 Å². The molecule has 3 aliphatic rings. The van der Waals surface area contributed by atoms with Crippen LogP contribution in [-0.2, 0) is 16.1 Å². The molecule has 132 valence electrons. The minimum atomic E-state index is -0.961. The van der Waals surface area contributed by atoms with E-state index in [9.17, 15) is 19.5 Å². The Morgan fingerprint density at radius 2 is 1.80 bits per heavy atom. The maximum atomic E-state index is 13.0. The first kappa shape index (κ1) is 16.1. The van der Waals surface area contributed by atoms with Crippen molar-refractivity contribution in [2.75, 3.05) is 13.1 Å². The summed E-state index contributed by atoms with van der Waals surface area (Å²) in [4.78, 5) is 38.4. The fourth-order valence-electron chi connectivity index (χ4n) is 4.63. The molecule has 3 heterocycles. The van der Waals surface area contributed by atoms with Crippen LogP contribution < -0.4 is 5.56 Å². The number of likely N-dealkylation sites (tertiary alicyclic amines) is 1. The van der Waals surface area contributed by atoms with Crippen molar-refractivity contribution in [1.82, 2.24) is 9.47 Å². The van der Waals surface area contributed by atoms with Gasteiger partial charge in [-0.1, -0.05) is 6.07 Å². The van der Waals surface area contributed by atoms with Crippen molar-refractivity contribution >= 4 is 11.9 Å². The summed E-state index contributed by atoms with van der Waals surface area (Å²) in [5, 5.41) is 9.41. The van der Waals surface area contributed by atoms with Crippen LogP contribution in [0.1, 0.15) is 43.7 Å². The highest BCUT2D eigenvalue weighted by Gasteiger charge is 2.37. The van der Waals surface area contributed by atoms with E-state index in [4.69, 9.17) is 0 Å². The number of aromatic nitrogens is 1. The average molecular weight is 342 g/mol. The van der Waals surface area contributed by atoms with Crippen molar-refractivity contribution in [3.63, 3.8) is 0 Å². The van der Waals surface area contributed by atoms with Crippen LogP contribution >= 0.6 is 0 Å². The summed E-state index contributed by atoms with van der Waals surface area (Å²) in [5.74, 6) is -0.661. The Morgan fingerprint density at radius 1 is 1.04 bits per heavy atom. The molecule has 1 aromatic heterocycles. The largest absolute Gasteiger partial charge is 0.478 e. The zero-order valence-corrected chi connectivity index (χ0v) is 14.1. The highest BCUT2D eigenvalue weighted by Crippen LogP contribution is 2.36. The summed E-state index contributed by atoms with van der Waals surface area (Å²) < 4.78 is 1.84. The second-order valence-corrected chi connectivity index (χ2v) is 7.38. The maximum Gasteiger partial charge on any atom is 0.332 e. The highest BCUT2D eigenvalue weighted by atomic mass is 16.4. The van der Waals surface area contributed by atoms with Crippen LogP contribution in [0.2, 0.25) is 0 Å². The molecule has 0 spiro atoms. The smallest absolute Gasteiger partial charge is 0.332 e. The van der Waals surface area contributed by atoms with Crippen molar-refractivity contribution in [1.29, 1.82) is 0 Å². The number of pyridine rings is 1. The summed E-state index contributed by atoms with van der Waals surface area (Å²) in [5.41, 5.74) is 1.81. The number of nitrogens with zero attached hydrogens (tertiary/aromatic N) is 2. The van der Waals surface area contributed by atoms with Crippen molar-refractivity contribution < 1.29 is 14.7 Å². The Morgan fingerprint density at radius 3 is 2.56 bits per heavy atom. The third-order valence-electron chi connectivity index (χ3n) is 5.75. The fraction of sp³-hybridized carbons (Fsp3) is 0.526. The zero-order chi connectivity index (χ0) is 17.6. The summed E-state index contributed by atoms with van der Waals surface area (Å²) in [6, 6.07) is 5.33. The van der Waals surface area contributed by atoms with E-state index in [-0.39, 0.29) is 23.3 Å². The average Bonchev–Trinajstić information content (AvgIpc) is 2.62. The zero-order valence-electron chi connectivity index (χ0n) is 14.1. The molecule has 2 atom stereocenters. The minimum Gasteiger partial charge on any atom is -0.478 e. The molecule has 2 unspecified atom stereocenters. The molecule has 0 saturated carbocycles. The molecule has 2 aliphatic heterocycles. The molecule has 1 saturated heterocycles. The van der Waals surface area contributed by atoms with E-state index < -0.39 is 5.97 Å². The second kappa shape index (κ2) is 6.17. The predicted octanol–water partition coefficient (Wildman–Crippen LogP) is 1.75. The molecular formula is C19H22N2O4. The SMILES string of the molecule is O=C(O)C1=C(C(=O)N2CC3CC(C2)c2cccc(=O)n2C3)CCCC1. The van der Waals surface area contributed by atoms with Crippen molar-refractivity contribution in [2.45, 2.75) is 44.6 Å². The molecule has 1 amide bonds. The number of hydrogen-bond donors (Lipinski definition) is 1. The van der Waals surface area contributed by atoms with Gasteiger partial charge in [0.15, 0.2) is 0 Å². The summed E-state index contributed by atoms with van der Waals surface area (Å²) >= 11 is 0. The Balaban J connectivity index is 1.63. The molecule has 4 rings (SSSR count). The number of carboxylic acid groups (broad SMARTS) is 1. The van der Waals surface area contributed by atoms with Crippen LogP contribution in [0.4, 0.5) is 0 Å². The highest BCUT2D eigenvalue weighted by molar-refractivity contribution is 6.02. The van der Waals surface area contributed by atoms with Crippen LogP contribution in [-0.4, -0.2) is 39.5 Å². The lowest BCUT2D eigenvalue weighted by Crippen LogP contribution is -2.49. The van der Waals surface area contributed by atoms with Crippen molar-refractivity contribution in [3.05, 3.63) is 45.4 Å². The van der Waals surface area contributed by atoms with Crippen molar-refractivity contribution in [3.8, 4) is 0 Å². The van der Waals surface area contributed by atoms with Gasteiger partial charge in [-0.25, -0.2) is 4.79 Å². The first-order valence-corrected chi connectivity index (χ1v) is 8.99. The normalized spacial score (nSPS) is 25.5. The summed E-state index contributed by atoms with van der Waals surface area (Å²) in [7, 11) is 0. The second-order valence-electron chi connectivity index (χ2n) is 7.38. The van der Waals surface area contributed by atoms with Gasteiger partial charge in [0, 0.05) is 48.5 Å². The Labute approximate surface area is 145 Å².